The van der Waals surface area contributed by atoms with Crippen molar-refractivity contribution in [1.82, 2.24) is 15.6 Å². The molecule has 0 saturated heterocycles. The number of rotatable bonds is 3. The summed E-state index contributed by atoms with van der Waals surface area (Å²) >= 11 is 0. The lowest BCUT2D eigenvalue weighted by molar-refractivity contribution is 0.0957. The predicted molar refractivity (Wildman–Crippen MR) is 92.5 cm³/mol. The molecule has 3 N–H and O–H groups in total. The molecule has 1 amide bonds. The molecule has 0 saturated carbocycles. The van der Waals surface area contributed by atoms with Crippen molar-refractivity contribution in [3.63, 3.8) is 0 Å². The van der Waals surface area contributed by atoms with E-state index >= 15 is 0 Å². The van der Waals surface area contributed by atoms with Crippen LogP contribution in [0.5, 0.6) is 0 Å². The minimum atomic E-state index is -0.331. The number of hydrogen-bond donors (Lipinski definition) is 3. The summed E-state index contributed by atoms with van der Waals surface area (Å²) in [7, 11) is 1.91. The Labute approximate surface area is 139 Å². The van der Waals surface area contributed by atoms with Gasteiger partial charge in [-0.2, -0.15) is 0 Å². The molecule has 0 radical (unpaired) electrons. The second-order valence-corrected chi connectivity index (χ2v) is 6.06. The van der Waals surface area contributed by atoms with Gasteiger partial charge in [0.15, 0.2) is 0 Å². The number of nitrogens with one attached hydrogen (secondary N) is 3. The molecule has 1 aliphatic heterocycles. The maximum absolute atomic E-state index is 14.3. The Bertz CT molecular complexity index is 928. The number of aromatic nitrogens is 1. The molecule has 0 aliphatic carbocycles. The van der Waals surface area contributed by atoms with Crippen LogP contribution >= 0.6 is 0 Å². The zero-order chi connectivity index (χ0) is 16.7. The predicted octanol–water partition coefficient (Wildman–Crippen LogP) is 2.98. The molecule has 24 heavy (non-hydrogen) atoms. The monoisotopic (exact) mass is 323 g/mol. The van der Waals surface area contributed by atoms with E-state index in [4.69, 9.17) is 0 Å². The fourth-order valence-corrected chi connectivity index (χ4v) is 3.41. The number of carbonyl (C=O) groups excluding carboxylic acids is 1. The van der Waals surface area contributed by atoms with Crippen molar-refractivity contribution < 1.29 is 9.18 Å². The van der Waals surface area contributed by atoms with Crippen LogP contribution in [0.1, 0.15) is 21.5 Å². The summed E-state index contributed by atoms with van der Waals surface area (Å²) in [6.07, 6.45) is 0.676. The first-order valence-electron chi connectivity index (χ1n) is 8.04. The highest BCUT2D eigenvalue weighted by Crippen LogP contribution is 2.35. The van der Waals surface area contributed by atoms with Crippen LogP contribution in [0.4, 0.5) is 4.39 Å². The minimum absolute atomic E-state index is 0.145. The van der Waals surface area contributed by atoms with Crippen molar-refractivity contribution in [2.75, 3.05) is 13.6 Å². The second kappa shape index (κ2) is 5.76. The Hall–Kier alpha value is -2.66. The van der Waals surface area contributed by atoms with Crippen LogP contribution in [0.3, 0.4) is 0 Å². The average Bonchev–Trinajstić information content (AvgIpc) is 2.88. The highest BCUT2D eigenvalue weighted by molar-refractivity contribution is 6.10. The van der Waals surface area contributed by atoms with Crippen LogP contribution in [-0.4, -0.2) is 24.5 Å². The Morgan fingerprint density at radius 3 is 2.71 bits per heavy atom. The fourth-order valence-electron chi connectivity index (χ4n) is 3.41. The van der Waals surface area contributed by atoms with Crippen LogP contribution < -0.4 is 10.6 Å². The summed E-state index contributed by atoms with van der Waals surface area (Å²) in [5.41, 5.74) is 5.03. The van der Waals surface area contributed by atoms with Gasteiger partial charge in [0.05, 0.1) is 5.52 Å². The van der Waals surface area contributed by atoms with E-state index in [1.807, 2.05) is 19.2 Å². The van der Waals surface area contributed by atoms with Gasteiger partial charge in [0.25, 0.3) is 5.91 Å². The van der Waals surface area contributed by atoms with Crippen LogP contribution in [0.2, 0.25) is 0 Å². The van der Waals surface area contributed by atoms with Gasteiger partial charge in [0, 0.05) is 29.7 Å². The van der Waals surface area contributed by atoms with Crippen molar-refractivity contribution in [3.8, 4) is 11.3 Å². The molecule has 4 nitrogen and oxygen atoms in total. The molecule has 2 heterocycles. The van der Waals surface area contributed by atoms with Gasteiger partial charge in [0.2, 0.25) is 0 Å². The van der Waals surface area contributed by atoms with E-state index in [0.717, 1.165) is 23.4 Å². The number of H-pyrrole nitrogens is 1. The minimum Gasteiger partial charge on any atom is -0.352 e. The van der Waals surface area contributed by atoms with Gasteiger partial charge in [-0.3, -0.25) is 4.79 Å². The fraction of sp³-hybridized carbons (Fsp3) is 0.211. The molecule has 0 unspecified atom stereocenters. The van der Waals surface area contributed by atoms with Crippen molar-refractivity contribution in [1.29, 1.82) is 0 Å². The van der Waals surface area contributed by atoms with Crippen molar-refractivity contribution in [3.05, 3.63) is 58.9 Å². The standard InChI is InChI=1S/C19H18FN3O/c1-21-10-11-2-4-12(5-3-11)17-13-8-9-22-19(24)14-6-7-15(20)18(23-17)16(13)14/h2-7,21,23H,8-10H2,1H3,(H,22,24). The molecule has 122 valence electrons. The van der Waals surface area contributed by atoms with Gasteiger partial charge in [-0.1, -0.05) is 24.3 Å². The van der Waals surface area contributed by atoms with Gasteiger partial charge in [0.1, 0.15) is 5.82 Å². The zero-order valence-electron chi connectivity index (χ0n) is 13.4. The summed E-state index contributed by atoms with van der Waals surface area (Å²) in [5, 5.41) is 6.71. The molecular formula is C19H18FN3O. The molecule has 1 aromatic heterocycles. The highest BCUT2D eigenvalue weighted by Gasteiger charge is 2.24. The SMILES string of the molecule is CNCc1ccc(-c2[nH]c3c(F)ccc4c3c2CCNC4=O)cc1. The summed E-state index contributed by atoms with van der Waals surface area (Å²) < 4.78 is 14.3. The third kappa shape index (κ3) is 2.29. The first kappa shape index (κ1) is 14.9. The van der Waals surface area contributed by atoms with E-state index < -0.39 is 0 Å². The highest BCUT2D eigenvalue weighted by atomic mass is 19.1. The van der Waals surface area contributed by atoms with Crippen molar-refractivity contribution >= 4 is 16.8 Å². The molecule has 1 aliphatic rings. The molecule has 0 bridgehead atoms. The molecule has 0 fully saturated rings. The van der Waals surface area contributed by atoms with Crippen LogP contribution in [0, 0.1) is 5.82 Å². The molecular weight excluding hydrogens is 305 g/mol. The van der Waals surface area contributed by atoms with E-state index in [9.17, 15) is 9.18 Å². The van der Waals surface area contributed by atoms with E-state index in [1.54, 1.807) is 6.07 Å². The molecule has 0 atom stereocenters. The lowest BCUT2D eigenvalue weighted by atomic mass is 9.99. The maximum Gasteiger partial charge on any atom is 0.251 e. The number of amides is 1. The molecule has 0 spiro atoms. The largest absolute Gasteiger partial charge is 0.352 e. The third-order valence-electron chi connectivity index (χ3n) is 4.54. The lowest BCUT2D eigenvalue weighted by Crippen LogP contribution is -2.23. The summed E-state index contributed by atoms with van der Waals surface area (Å²) in [6.45, 7) is 1.35. The molecule has 4 rings (SSSR count). The third-order valence-corrected chi connectivity index (χ3v) is 4.54. The first-order valence-corrected chi connectivity index (χ1v) is 8.04. The lowest BCUT2D eigenvalue weighted by Gasteiger charge is -2.06. The first-order chi connectivity index (χ1) is 11.7. The van der Waals surface area contributed by atoms with Crippen LogP contribution in [0.25, 0.3) is 22.2 Å². The van der Waals surface area contributed by atoms with E-state index in [-0.39, 0.29) is 11.7 Å². The molecule has 2 aromatic carbocycles. The Morgan fingerprint density at radius 1 is 1.17 bits per heavy atom. The smallest absolute Gasteiger partial charge is 0.251 e. The number of aromatic amines is 1. The Morgan fingerprint density at radius 2 is 1.96 bits per heavy atom. The quantitative estimate of drug-likeness (QED) is 0.694. The van der Waals surface area contributed by atoms with E-state index in [0.29, 0.717) is 29.4 Å². The zero-order valence-corrected chi connectivity index (χ0v) is 13.4. The van der Waals surface area contributed by atoms with Crippen LogP contribution in [0.15, 0.2) is 36.4 Å². The van der Waals surface area contributed by atoms with Crippen molar-refractivity contribution in [2.45, 2.75) is 13.0 Å². The van der Waals surface area contributed by atoms with Gasteiger partial charge in [-0.05, 0) is 42.3 Å². The maximum atomic E-state index is 14.3. The Kier molecular flexibility index (Phi) is 3.58. The molecule has 5 heteroatoms. The number of benzene rings is 2. The second-order valence-electron chi connectivity index (χ2n) is 6.06. The van der Waals surface area contributed by atoms with Gasteiger partial charge < -0.3 is 15.6 Å². The van der Waals surface area contributed by atoms with Crippen LogP contribution in [-0.2, 0) is 13.0 Å². The van der Waals surface area contributed by atoms with Gasteiger partial charge in [-0.25, -0.2) is 4.39 Å². The average molecular weight is 323 g/mol. The van der Waals surface area contributed by atoms with Crippen molar-refractivity contribution in [2.24, 2.45) is 0 Å². The number of halogens is 1. The van der Waals surface area contributed by atoms with Gasteiger partial charge >= 0.3 is 0 Å². The summed E-state index contributed by atoms with van der Waals surface area (Å²) in [4.78, 5) is 15.4. The Balaban J connectivity index is 1.93. The summed E-state index contributed by atoms with van der Waals surface area (Å²) in [6, 6.07) is 11.1. The van der Waals surface area contributed by atoms with E-state index in [1.165, 1.54) is 11.6 Å². The van der Waals surface area contributed by atoms with Gasteiger partial charge in [-0.15, -0.1) is 0 Å². The molecule has 3 aromatic rings. The normalized spacial score (nSPS) is 13.8. The van der Waals surface area contributed by atoms with E-state index in [2.05, 4.69) is 27.8 Å². The number of carbonyl (C=O) groups is 1. The summed E-state index contributed by atoms with van der Waals surface area (Å²) in [5.74, 6) is -0.476. The number of hydrogen-bond acceptors (Lipinski definition) is 2. The topological polar surface area (TPSA) is 56.9 Å².